The van der Waals surface area contributed by atoms with Crippen molar-refractivity contribution >= 4 is 22.7 Å². The Bertz CT molecular complexity index is 893. The lowest BCUT2D eigenvalue weighted by Gasteiger charge is -2.25. The first-order valence-electron chi connectivity index (χ1n) is 9.02. The molecule has 0 saturated carbocycles. The molecule has 2 aromatic carbocycles. The SMILES string of the molecule is Cc1cccc(CSc2nc(CN3CCOCC3)nc3ccccc23)c1. The van der Waals surface area contributed by atoms with Gasteiger partial charge in [-0.1, -0.05) is 48.0 Å². The number of para-hydroxylation sites is 1. The van der Waals surface area contributed by atoms with Crippen LogP contribution in [-0.2, 0) is 17.0 Å². The predicted octanol–water partition coefficient (Wildman–Crippen LogP) is 4.06. The van der Waals surface area contributed by atoms with Gasteiger partial charge in [0.1, 0.15) is 10.9 Å². The number of nitrogens with zero attached hydrogens (tertiary/aromatic N) is 3. The van der Waals surface area contributed by atoms with Crippen LogP contribution in [0.5, 0.6) is 0 Å². The lowest BCUT2D eigenvalue weighted by atomic mass is 10.2. The first-order valence-corrected chi connectivity index (χ1v) is 10.0. The molecule has 1 saturated heterocycles. The molecule has 0 amide bonds. The summed E-state index contributed by atoms with van der Waals surface area (Å²) in [5.41, 5.74) is 3.65. The number of morpholine rings is 1. The number of ether oxygens (including phenoxy) is 1. The van der Waals surface area contributed by atoms with Crippen LogP contribution < -0.4 is 0 Å². The molecule has 1 aliphatic heterocycles. The molecule has 5 heteroatoms. The molecule has 3 aromatic rings. The van der Waals surface area contributed by atoms with Crippen LogP contribution in [0.4, 0.5) is 0 Å². The fraction of sp³-hybridized carbons (Fsp3) is 0.333. The molecule has 0 bridgehead atoms. The Kier molecular flexibility index (Phi) is 5.48. The van der Waals surface area contributed by atoms with Crippen molar-refractivity contribution in [3.63, 3.8) is 0 Å². The van der Waals surface area contributed by atoms with Crippen molar-refractivity contribution in [2.24, 2.45) is 0 Å². The Balaban J connectivity index is 1.59. The van der Waals surface area contributed by atoms with E-state index in [4.69, 9.17) is 14.7 Å². The van der Waals surface area contributed by atoms with E-state index in [1.54, 1.807) is 11.8 Å². The smallest absolute Gasteiger partial charge is 0.144 e. The van der Waals surface area contributed by atoms with Gasteiger partial charge in [0, 0.05) is 24.2 Å². The van der Waals surface area contributed by atoms with Crippen molar-refractivity contribution < 1.29 is 4.74 Å². The van der Waals surface area contributed by atoms with E-state index in [0.717, 1.165) is 60.4 Å². The summed E-state index contributed by atoms with van der Waals surface area (Å²) >= 11 is 1.79. The van der Waals surface area contributed by atoms with E-state index < -0.39 is 0 Å². The Hall–Kier alpha value is -1.95. The third-order valence-corrected chi connectivity index (χ3v) is 5.60. The monoisotopic (exact) mass is 365 g/mol. The second-order valence-electron chi connectivity index (χ2n) is 6.63. The highest BCUT2D eigenvalue weighted by Crippen LogP contribution is 2.28. The standard InChI is InChI=1S/C21H23N3OS/c1-16-5-4-6-17(13-16)15-26-21-18-7-2-3-8-19(18)22-20(23-21)14-24-9-11-25-12-10-24/h2-8,13H,9-12,14-15H2,1H3. The number of hydrogen-bond donors (Lipinski definition) is 0. The van der Waals surface area contributed by atoms with E-state index in [-0.39, 0.29) is 0 Å². The van der Waals surface area contributed by atoms with Gasteiger partial charge in [0.2, 0.25) is 0 Å². The first kappa shape index (κ1) is 17.5. The van der Waals surface area contributed by atoms with Gasteiger partial charge in [-0.3, -0.25) is 4.90 Å². The number of aromatic nitrogens is 2. The molecular weight excluding hydrogens is 342 g/mol. The second-order valence-corrected chi connectivity index (χ2v) is 7.59. The first-order chi connectivity index (χ1) is 12.8. The summed E-state index contributed by atoms with van der Waals surface area (Å²) in [5, 5.41) is 2.20. The zero-order chi connectivity index (χ0) is 17.8. The number of benzene rings is 2. The van der Waals surface area contributed by atoms with Gasteiger partial charge < -0.3 is 4.74 Å². The molecular formula is C21H23N3OS. The molecule has 1 fully saturated rings. The van der Waals surface area contributed by atoms with Crippen LogP contribution in [0.2, 0.25) is 0 Å². The molecule has 0 spiro atoms. The highest BCUT2D eigenvalue weighted by atomic mass is 32.2. The van der Waals surface area contributed by atoms with E-state index in [0.29, 0.717) is 0 Å². The molecule has 1 aromatic heterocycles. The zero-order valence-electron chi connectivity index (χ0n) is 15.0. The molecule has 0 atom stereocenters. The van der Waals surface area contributed by atoms with E-state index >= 15 is 0 Å². The van der Waals surface area contributed by atoms with Crippen LogP contribution in [0.1, 0.15) is 17.0 Å². The van der Waals surface area contributed by atoms with Crippen LogP contribution in [0, 0.1) is 6.92 Å². The van der Waals surface area contributed by atoms with Crippen molar-refractivity contribution in [2.75, 3.05) is 26.3 Å². The molecule has 0 radical (unpaired) electrons. The normalized spacial score (nSPS) is 15.4. The van der Waals surface area contributed by atoms with E-state index in [2.05, 4.69) is 54.3 Å². The minimum atomic E-state index is 0.784. The summed E-state index contributed by atoms with van der Waals surface area (Å²) < 4.78 is 5.44. The number of fused-ring (bicyclic) bond motifs is 1. The summed E-state index contributed by atoms with van der Waals surface area (Å²) in [6.07, 6.45) is 0. The topological polar surface area (TPSA) is 38.2 Å². The molecule has 4 nitrogen and oxygen atoms in total. The summed E-state index contributed by atoms with van der Waals surface area (Å²) in [6, 6.07) is 17.0. The number of thioether (sulfide) groups is 1. The minimum absolute atomic E-state index is 0.784. The Morgan fingerprint density at radius 1 is 1.04 bits per heavy atom. The van der Waals surface area contributed by atoms with Crippen molar-refractivity contribution in [2.45, 2.75) is 24.2 Å². The number of rotatable bonds is 5. The lowest BCUT2D eigenvalue weighted by molar-refractivity contribution is 0.0330. The summed E-state index contributed by atoms with van der Waals surface area (Å²) in [7, 11) is 0. The molecule has 0 N–H and O–H groups in total. The molecule has 0 unspecified atom stereocenters. The maximum atomic E-state index is 5.44. The van der Waals surface area contributed by atoms with E-state index in [1.807, 2.05) is 6.07 Å². The highest BCUT2D eigenvalue weighted by Gasteiger charge is 2.14. The van der Waals surface area contributed by atoms with Gasteiger partial charge in [-0.05, 0) is 18.6 Å². The van der Waals surface area contributed by atoms with Crippen molar-refractivity contribution in [3.05, 3.63) is 65.5 Å². The van der Waals surface area contributed by atoms with Gasteiger partial charge in [-0.25, -0.2) is 9.97 Å². The Morgan fingerprint density at radius 3 is 2.73 bits per heavy atom. The van der Waals surface area contributed by atoms with Crippen LogP contribution in [-0.4, -0.2) is 41.2 Å². The highest BCUT2D eigenvalue weighted by molar-refractivity contribution is 7.98. The average Bonchev–Trinajstić information content (AvgIpc) is 2.67. The second kappa shape index (κ2) is 8.16. The average molecular weight is 366 g/mol. The van der Waals surface area contributed by atoms with Gasteiger partial charge in [0.25, 0.3) is 0 Å². The molecule has 134 valence electrons. The molecule has 0 aliphatic carbocycles. The summed E-state index contributed by atoms with van der Waals surface area (Å²) in [4.78, 5) is 12.1. The van der Waals surface area contributed by atoms with Gasteiger partial charge in [0.15, 0.2) is 0 Å². The van der Waals surface area contributed by atoms with Crippen molar-refractivity contribution in [1.29, 1.82) is 0 Å². The third kappa shape index (κ3) is 4.23. The maximum absolute atomic E-state index is 5.44. The van der Waals surface area contributed by atoms with Crippen LogP contribution >= 0.6 is 11.8 Å². The molecule has 26 heavy (non-hydrogen) atoms. The van der Waals surface area contributed by atoms with E-state index in [1.165, 1.54) is 11.1 Å². The van der Waals surface area contributed by atoms with Gasteiger partial charge in [-0.2, -0.15) is 0 Å². The maximum Gasteiger partial charge on any atom is 0.144 e. The summed E-state index contributed by atoms with van der Waals surface area (Å²) in [6.45, 7) is 6.40. The minimum Gasteiger partial charge on any atom is -0.379 e. The zero-order valence-corrected chi connectivity index (χ0v) is 15.8. The quantitative estimate of drug-likeness (QED) is 0.503. The fourth-order valence-corrected chi connectivity index (χ4v) is 4.17. The third-order valence-electron chi connectivity index (χ3n) is 4.54. The molecule has 2 heterocycles. The van der Waals surface area contributed by atoms with Gasteiger partial charge >= 0.3 is 0 Å². The van der Waals surface area contributed by atoms with Crippen LogP contribution in [0.3, 0.4) is 0 Å². The number of aryl methyl sites for hydroxylation is 1. The summed E-state index contributed by atoms with van der Waals surface area (Å²) in [5.74, 6) is 1.82. The largest absolute Gasteiger partial charge is 0.379 e. The van der Waals surface area contributed by atoms with Crippen molar-refractivity contribution in [1.82, 2.24) is 14.9 Å². The van der Waals surface area contributed by atoms with Crippen molar-refractivity contribution in [3.8, 4) is 0 Å². The predicted molar refractivity (Wildman–Crippen MR) is 106 cm³/mol. The molecule has 1 aliphatic rings. The van der Waals surface area contributed by atoms with E-state index in [9.17, 15) is 0 Å². The van der Waals surface area contributed by atoms with Crippen LogP contribution in [0.25, 0.3) is 10.9 Å². The van der Waals surface area contributed by atoms with Gasteiger partial charge in [0.05, 0.1) is 25.3 Å². The number of hydrogen-bond acceptors (Lipinski definition) is 5. The Morgan fingerprint density at radius 2 is 1.88 bits per heavy atom. The fourth-order valence-electron chi connectivity index (χ4n) is 3.19. The van der Waals surface area contributed by atoms with Gasteiger partial charge in [-0.15, -0.1) is 11.8 Å². The Labute approximate surface area is 158 Å². The van der Waals surface area contributed by atoms with Crippen LogP contribution in [0.15, 0.2) is 53.6 Å². The molecule has 4 rings (SSSR count). The lowest BCUT2D eigenvalue weighted by Crippen LogP contribution is -2.36.